The molecule has 2 aliphatic heterocycles. The lowest BCUT2D eigenvalue weighted by Crippen LogP contribution is -2.45. The Labute approximate surface area is 168 Å². The molecule has 2 fully saturated rings. The van der Waals surface area contributed by atoms with Crippen LogP contribution in [0.15, 0.2) is 35.7 Å². The highest BCUT2D eigenvalue weighted by molar-refractivity contribution is 7.92. The molecule has 0 saturated carbocycles. The van der Waals surface area contributed by atoms with Gasteiger partial charge < -0.3 is 5.32 Å². The fourth-order valence-electron chi connectivity index (χ4n) is 4.09. The molecule has 0 aliphatic carbocycles. The molecule has 28 heavy (non-hydrogen) atoms. The predicted molar refractivity (Wildman–Crippen MR) is 112 cm³/mol. The summed E-state index contributed by atoms with van der Waals surface area (Å²) in [6.07, 6.45) is 5.10. The lowest BCUT2D eigenvalue weighted by molar-refractivity contribution is -0.126. The molecule has 154 valence electrons. The number of likely N-dealkylation sites (tertiary alicyclic amines) is 1. The first-order valence-electron chi connectivity index (χ1n) is 10.2. The van der Waals surface area contributed by atoms with Gasteiger partial charge in [0.2, 0.25) is 15.9 Å². The molecule has 2 heterocycles. The Bertz CT molecular complexity index is 771. The van der Waals surface area contributed by atoms with Crippen molar-refractivity contribution in [2.24, 2.45) is 5.92 Å². The van der Waals surface area contributed by atoms with E-state index in [0.29, 0.717) is 38.5 Å². The molecule has 7 heteroatoms. The number of likely N-dealkylation sites (N-methyl/N-ethyl adjacent to an activating group) is 1. The highest BCUT2D eigenvalue weighted by Gasteiger charge is 2.31. The zero-order valence-corrected chi connectivity index (χ0v) is 17.4. The van der Waals surface area contributed by atoms with Gasteiger partial charge in [-0.2, -0.15) is 4.31 Å². The monoisotopic (exact) mass is 405 g/mol. The molecule has 1 unspecified atom stereocenters. The van der Waals surface area contributed by atoms with Gasteiger partial charge in [-0.25, -0.2) is 8.42 Å². The van der Waals surface area contributed by atoms with E-state index in [-0.39, 0.29) is 11.8 Å². The Balaban J connectivity index is 1.47. The molecule has 1 atom stereocenters. The van der Waals surface area contributed by atoms with E-state index in [2.05, 4.69) is 17.1 Å². The van der Waals surface area contributed by atoms with Crippen molar-refractivity contribution < 1.29 is 13.2 Å². The minimum absolute atomic E-state index is 0.0693. The number of hydrogen-bond donors (Lipinski definition) is 1. The zero-order valence-electron chi connectivity index (χ0n) is 16.6. The standard InChI is InChI=1S/C21H31N3O3S/c1-2-23-13-6-9-20(23)17-22-21(25)19-10-14-24(15-11-19)28(26,27)16-12-18-7-4-3-5-8-18/h3-5,7-8,12,16,19-20H,2,6,9-11,13-15,17H2,1H3,(H,22,25)/b16-12+. The summed E-state index contributed by atoms with van der Waals surface area (Å²) in [4.78, 5) is 14.9. The Morgan fingerprint density at radius 3 is 2.54 bits per heavy atom. The molecular weight excluding hydrogens is 374 g/mol. The zero-order chi connectivity index (χ0) is 20.0. The maximum absolute atomic E-state index is 12.5. The van der Waals surface area contributed by atoms with Crippen LogP contribution in [0.1, 0.15) is 38.2 Å². The summed E-state index contributed by atoms with van der Waals surface area (Å²) in [7, 11) is -3.45. The quantitative estimate of drug-likeness (QED) is 0.756. The largest absolute Gasteiger partial charge is 0.354 e. The van der Waals surface area contributed by atoms with Crippen molar-refractivity contribution in [3.63, 3.8) is 0 Å². The van der Waals surface area contributed by atoms with E-state index in [1.165, 1.54) is 16.1 Å². The van der Waals surface area contributed by atoms with Crippen molar-refractivity contribution in [3.8, 4) is 0 Å². The molecule has 0 spiro atoms. The molecule has 2 saturated heterocycles. The summed E-state index contributed by atoms with van der Waals surface area (Å²) in [6, 6.07) is 9.83. The van der Waals surface area contributed by atoms with E-state index in [1.807, 2.05) is 30.3 Å². The maximum atomic E-state index is 12.5. The Hall–Kier alpha value is -1.70. The molecular formula is C21H31N3O3S. The third-order valence-electron chi connectivity index (χ3n) is 5.83. The van der Waals surface area contributed by atoms with Crippen molar-refractivity contribution in [2.45, 2.75) is 38.6 Å². The summed E-state index contributed by atoms with van der Waals surface area (Å²) >= 11 is 0. The van der Waals surface area contributed by atoms with E-state index in [1.54, 1.807) is 6.08 Å². The minimum Gasteiger partial charge on any atom is -0.354 e. The van der Waals surface area contributed by atoms with Gasteiger partial charge in [0.25, 0.3) is 0 Å². The predicted octanol–water partition coefficient (Wildman–Crippen LogP) is 2.30. The van der Waals surface area contributed by atoms with Gasteiger partial charge in [-0.15, -0.1) is 0 Å². The van der Waals surface area contributed by atoms with Gasteiger partial charge >= 0.3 is 0 Å². The van der Waals surface area contributed by atoms with Crippen molar-refractivity contribution in [1.82, 2.24) is 14.5 Å². The van der Waals surface area contributed by atoms with Crippen molar-refractivity contribution in [2.75, 3.05) is 32.7 Å². The van der Waals surface area contributed by atoms with Gasteiger partial charge in [0, 0.05) is 37.0 Å². The number of amides is 1. The van der Waals surface area contributed by atoms with Gasteiger partial charge in [0.15, 0.2) is 0 Å². The Kier molecular flexibility index (Phi) is 7.26. The van der Waals surface area contributed by atoms with Crippen LogP contribution in [0, 0.1) is 5.92 Å². The molecule has 1 aromatic carbocycles. The Morgan fingerprint density at radius 1 is 1.14 bits per heavy atom. The van der Waals surface area contributed by atoms with Crippen LogP contribution >= 0.6 is 0 Å². The number of benzene rings is 1. The summed E-state index contributed by atoms with van der Waals surface area (Å²) < 4.78 is 26.6. The van der Waals surface area contributed by atoms with Gasteiger partial charge in [-0.3, -0.25) is 9.69 Å². The number of hydrogen-bond acceptors (Lipinski definition) is 4. The molecule has 6 nitrogen and oxygen atoms in total. The van der Waals surface area contributed by atoms with Crippen LogP contribution in [0.4, 0.5) is 0 Å². The molecule has 0 aromatic heterocycles. The first kappa shape index (κ1) is 21.0. The highest BCUT2D eigenvalue weighted by atomic mass is 32.2. The SMILES string of the molecule is CCN1CCCC1CNC(=O)C1CCN(S(=O)(=O)/C=C/c2ccccc2)CC1. The summed E-state index contributed by atoms with van der Waals surface area (Å²) in [6.45, 7) is 5.78. The summed E-state index contributed by atoms with van der Waals surface area (Å²) in [5, 5.41) is 4.36. The number of rotatable bonds is 7. The number of carbonyl (C=O) groups excluding carboxylic acids is 1. The van der Waals surface area contributed by atoms with Crippen LogP contribution in [0.5, 0.6) is 0 Å². The minimum atomic E-state index is -3.45. The van der Waals surface area contributed by atoms with Crippen LogP contribution in [-0.2, 0) is 14.8 Å². The van der Waals surface area contributed by atoms with E-state index in [0.717, 1.165) is 25.1 Å². The van der Waals surface area contributed by atoms with Gasteiger partial charge in [0.05, 0.1) is 0 Å². The van der Waals surface area contributed by atoms with Gasteiger partial charge in [0.1, 0.15) is 0 Å². The second kappa shape index (κ2) is 9.67. The normalized spacial score (nSPS) is 22.7. The summed E-state index contributed by atoms with van der Waals surface area (Å²) in [5.41, 5.74) is 0.855. The second-order valence-electron chi connectivity index (χ2n) is 7.60. The molecule has 0 radical (unpaired) electrons. The number of nitrogens with one attached hydrogen (secondary N) is 1. The average Bonchev–Trinajstić information content (AvgIpc) is 3.19. The topological polar surface area (TPSA) is 69.7 Å². The Morgan fingerprint density at radius 2 is 1.86 bits per heavy atom. The van der Waals surface area contributed by atoms with Crippen LogP contribution in [0.3, 0.4) is 0 Å². The second-order valence-corrected chi connectivity index (χ2v) is 9.42. The fraction of sp³-hybridized carbons (Fsp3) is 0.571. The average molecular weight is 406 g/mol. The van der Waals surface area contributed by atoms with Crippen molar-refractivity contribution >= 4 is 22.0 Å². The van der Waals surface area contributed by atoms with E-state index in [4.69, 9.17) is 0 Å². The van der Waals surface area contributed by atoms with Crippen molar-refractivity contribution in [3.05, 3.63) is 41.3 Å². The lowest BCUT2D eigenvalue weighted by atomic mass is 9.97. The number of carbonyl (C=O) groups is 1. The number of sulfonamides is 1. The van der Waals surface area contributed by atoms with Gasteiger partial charge in [-0.1, -0.05) is 37.3 Å². The molecule has 1 aromatic rings. The first-order valence-corrected chi connectivity index (χ1v) is 11.7. The maximum Gasteiger partial charge on any atom is 0.236 e. The van der Waals surface area contributed by atoms with Crippen LogP contribution in [0.25, 0.3) is 6.08 Å². The highest BCUT2D eigenvalue weighted by Crippen LogP contribution is 2.22. The van der Waals surface area contributed by atoms with E-state index >= 15 is 0 Å². The molecule has 1 N–H and O–H groups in total. The number of piperidine rings is 1. The lowest BCUT2D eigenvalue weighted by Gasteiger charge is -2.30. The third kappa shape index (κ3) is 5.43. The van der Waals surface area contributed by atoms with Crippen molar-refractivity contribution in [1.29, 1.82) is 0 Å². The fourth-order valence-corrected chi connectivity index (χ4v) is 5.31. The van der Waals surface area contributed by atoms with Crippen LogP contribution < -0.4 is 5.32 Å². The summed E-state index contributed by atoms with van der Waals surface area (Å²) in [5.74, 6) is -0.0270. The first-order chi connectivity index (χ1) is 13.5. The third-order valence-corrected chi connectivity index (χ3v) is 7.40. The van der Waals surface area contributed by atoms with E-state index in [9.17, 15) is 13.2 Å². The van der Waals surface area contributed by atoms with Gasteiger partial charge in [-0.05, 0) is 50.4 Å². The molecule has 2 aliphatic rings. The van der Waals surface area contributed by atoms with E-state index < -0.39 is 10.0 Å². The smallest absolute Gasteiger partial charge is 0.236 e. The van der Waals surface area contributed by atoms with Crippen LogP contribution in [-0.4, -0.2) is 62.3 Å². The number of nitrogens with zero attached hydrogens (tertiary/aromatic N) is 2. The molecule has 0 bridgehead atoms. The van der Waals surface area contributed by atoms with Crippen LogP contribution in [0.2, 0.25) is 0 Å². The molecule has 1 amide bonds. The molecule has 3 rings (SSSR count).